The molecule has 0 spiro atoms. The van der Waals surface area contributed by atoms with E-state index in [1.807, 2.05) is 43.3 Å². The van der Waals surface area contributed by atoms with E-state index in [4.69, 9.17) is 10.5 Å². The van der Waals surface area contributed by atoms with E-state index in [-0.39, 0.29) is 6.61 Å². The molecule has 1 rings (SSSR count). The van der Waals surface area contributed by atoms with E-state index in [2.05, 4.69) is 5.32 Å². The van der Waals surface area contributed by atoms with Gasteiger partial charge in [-0.3, -0.25) is 4.79 Å². The molecule has 0 fully saturated rings. The van der Waals surface area contributed by atoms with Gasteiger partial charge in [-0.25, -0.2) is 0 Å². The third-order valence-electron chi connectivity index (χ3n) is 2.44. The van der Waals surface area contributed by atoms with Crippen molar-refractivity contribution in [3.8, 4) is 5.75 Å². The molecule has 5 heteroatoms. The average molecular weight is 237 g/mol. The fraction of sp³-hybridized carbons (Fsp3) is 0.417. The quantitative estimate of drug-likeness (QED) is 0.742. The van der Waals surface area contributed by atoms with Crippen molar-refractivity contribution in [1.82, 2.24) is 5.32 Å². The van der Waals surface area contributed by atoms with E-state index >= 15 is 0 Å². The van der Waals surface area contributed by atoms with E-state index in [1.54, 1.807) is 7.05 Å². The van der Waals surface area contributed by atoms with E-state index in [1.165, 1.54) is 0 Å². The van der Waals surface area contributed by atoms with E-state index in [0.717, 1.165) is 11.4 Å². The highest BCUT2D eigenvalue weighted by molar-refractivity contribution is 5.80. The number of nitrogens with two attached hydrogens (primary N) is 1. The summed E-state index contributed by atoms with van der Waals surface area (Å²) >= 11 is 0. The molecular weight excluding hydrogens is 218 g/mol. The minimum Gasteiger partial charge on any atom is -0.491 e. The van der Waals surface area contributed by atoms with Gasteiger partial charge in [-0.15, -0.1) is 0 Å². The Balaban J connectivity index is 2.62. The van der Waals surface area contributed by atoms with Crippen molar-refractivity contribution in [3.05, 3.63) is 24.3 Å². The zero-order valence-corrected chi connectivity index (χ0v) is 10.4. The molecule has 5 nitrogen and oxygen atoms in total. The Morgan fingerprint density at radius 2 is 2.24 bits per heavy atom. The monoisotopic (exact) mass is 237 g/mol. The number of anilines is 1. The Morgan fingerprint density at radius 1 is 1.53 bits per heavy atom. The molecule has 0 heterocycles. The van der Waals surface area contributed by atoms with Gasteiger partial charge in [0.15, 0.2) is 0 Å². The molecule has 0 aromatic heterocycles. The van der Waals surface area contributed by atoms with Gasteiger partial charge in [0.2, 0.25) is 5.91 Å². The van der Waals surface area contributed by atoms with Crippen LogP contribution in [0, 0.1) is 0 Å². The summed E-state index contributed by atoms with van der Waals surface area (Å²) in [7, 11) is 5.59. The van der Waals surface area contributed by atoms with Crippen LogP contribution in [0.5, 0.6) is 5.75 Å². The molecule has 94 valence electrons. The largest absolute Gasteiger partial charge is 0.491 e. The van der Waals surface area contributed by atoms with Crippen LogP contribution in [-0.2, 0) is 4.79 Å². The summed E-state index contributed by atoms with van der Waals surface area (Å²) in [6, 6.07) is 7.17. The molecule has 3 N–H and O–H groups in total. The number of carbonyl (C=O) groups excluding carboxylic acids is 1. The Morgan fingerprint density at radius 3 is 2.76 bits per heavy atom. The second-order valence-corrected chi connectivity index (χ2v) is 3.95. The molecule has 1 amide bonds. The topological polar surface area (TPSA) is 67.6 Å². The van der Waals surface area contributed by atoms with Gasteiger partial charge >= 0.3 is 0 Å². The third-order valence-corrected chi connectivity index (χ3v) is 2.44. The van der Waals surface area contributed by atoms with Crippen LogP contribution in [0.25, 0.3) is 0 Å². The van der Waals surface area contributed by atoms with Crippen LogP contribution in [0.3, 0.4) is 0 Å². The van der Waals surface area contributed by atoms with Crippen molar-refractivity contribution in [1.29, 1.82) is 0 Å². The molecule has 0 saturated heterocycles. The van der Waals surface area contributed by atoms with Crippen LogP contribution < -0.4 is 20.7 Å². The maximum Gasteiger partial charge on any atom is 0.238 e. The number of ether oxygens (including phenoxy) is 1. The molecule has 0 saturated carbocycles. The van der Waals surface area contributed by atoms with E-state index in [9.17, 15) is 4.79 Å². The Bertz CT molecular complexity index is 380. The van der Waals surface area contributed by atoms with Crippen LogP contribution >= 0.6 is 0 Å². The van der Waals surface area contributed by atoms with Gasteiger partial charge in [0, 0.05) is 25.8 Å². The summed E-state index contributed by atoms with van der Waals surface area (Å²) in [5.41, 5.74) is 6.24. The smallest absolute Gasteiger partial charge is 0.238 e. The van der Waals surface area contributed by atoms with Crippen LogP contribution in [0.4, 0.5) is 5.69 Å². The standard InChI is InChI=1S/C12H19N3O2/c1-14-11(12(13)16)8-17-10-6-4-5-9(7-10)15(2)3/h4-7,11,14H,8H2,1-3H3,(H2,13,16). The maximum atomic E-state index is 11.0. The van der Waals surface area contributed by atoms with Crippen LogP contribution in [0.1, 0.15) is 0 Å². The van der Waals surface area contributed by atoms with Crippen LogP contribution in [0.2, 0.25) is 0 Å². The fourth-order valence-corrected chi connectivity index (χ4v) is 1.34. The summed E-state index contributed by atoms with van der Waals surface area (Å²) in [5.74, 6) is 0.300. The van der Waals surface area contributed by atoms with Gasteiger partial charge in [-0.2, -0.15) is 0 Å². The average Bonchev–Trinajstić information content (AvgIpc) is 2.29. The first-order valence-corrected chi connectivity index (χ1v) is 5.41. The molecule has 0 aliphatic rings. The first-order chi connectivity index (χ1) is 8.04. The highest BCUT2D eigenvalue weighted by Gasteiger charge is 2.13. The molecule has 1 aromatic carbocycles. The lowest BCUT2D eigenvalue weighted by molar-refractivity contribution is -0.120. The van der Waals surface area contributed by atoms with E-state index in [0.29, 0.717) is 0 Å². The Hall–Kier alpha value is -1.75. The number of carbonyl (C=O) groups is 1. The van der Waals surface area contributed by atoms with Crippen LogP contribution in [-0.4, -0.2) is 39.7 Å². The van der Waals surface area contributed by atoms with Crippen molar-refractivity contribution >= 4 is 11.6 Å². The Kier molecular flexibility index (Phi) is 4.78. The molecule has 0 radical (unpaired) electrons. The van der Waals surface area contributed by atoms with Gasteiger partial charge in [-0.05, 0) is 19.2 Å². The summed E-state index contributed by atoms with van der Waals surface area (Å²) in [6.07, 6.45) is 0. The maximum absolute atomic E-state index is 11.0. The lowest BCUT2D eigenvalue weighted by Crippen LogP contribution is -2.43. The summed E-state index contributed by atoms with van der Waals surface area (Å²) in [5, 5.41) is 2.80. The molecule has 0 aliphatic carbocycles. The minimum atomic E-state index is -0.474. The number of hydrogen-bond acceptors (Lipinski definition) is 4. The number of nitrogens with zero attached hydrogens (tertiary/aromatic N) is 1. The second-order valence-electron chi connectivity index (χ2n) is 3.95. The zero-order chi connectivity index (χ0) is 12.8. The SMILES string of the molecule is CNC(COc1cccc(N(C)C)c1)C(N)=O. The lowest BCUT2D eigenvalue weighted by atomic mass is 10.2. The van der Waals surface area contributed by atoms with Crippen molar-refractivity contribution in [2.75, 3.05) is 32.6 Å². The van der Waals surface area contributed by atoms with Crippen molar-refractivity contribution < 1.29 is 9.53 Å². The number of rotatable bonds is 6. The first-order valence-electron chi connectivity index (χ1n) is 5.41. The molecule has 1 aromatic rings. The predicted octanol–water partition coefficient (Wildman–Crippen LogP) is 0.205. The summed E-state index contributed by atoms with van der Waals surface area (Å²) in [4.78, 5) is 13.0. The van der Waals surface area contributed by atoms with E-state index < -0.39 is 11.9 Å². The van der Waals surface area contributed by atoms with Crippen molar-refractivity contribution in [2.45, 2.75) is 6.04 Å². The lowest BCUT2D eigenvalue weighted by Gasteiger charge is -2.16. The van der Waals surface area contributed by atoms with Crippen LogP contribution in [0.15, 0.2) is 24.3 Å². The molecule has 17 heavy (non-hydrogen) atoms. The predicted molar refractivity (Wildman–Crippen MR) is 68.3 cm³/mol. The molecule has 0 bridgehead atoms. The van der Waals surface area contributed by atoms with Gasteiger partial charge in [0.1, 0.15) is 18.4 Å². The second kappa shape index (κ2) is 6.10. The summed E-state index contributed by atoms with van der Waals surface area (Å²) in [6.45, 7) is 0.225. The third kappa shape index (κ3) is 3.96. The number of amides is 1. The van der Waals surface area contributed by atoms with Gasteiger partial charge in [-0.1, -0.05) is 6.07 Å². The minimum absolute atomic E-state index is 0.225. The van der Waals surface area contributed by atoms with Crippen molar-refractivity contribution in [2.24, 2.45) is 5.73 Å². The fourth-order valence-electron chi connectivity index (χ4n) is 1.34. The van der Waals surface area contributed by atoms with Gasteiger partial charge in [0.25, 0.3) is 0 Å². The molecular formula is C12H19N3O2. The molecule has 1 atom stereocenters. The number of benzene rings is 1. The number of nitrogens with one attached hydrogen (secondary N) is 1. The molecule has 0 aliphatic heterocycles. The number of likely N-dealkylation sites (N-methyl/N-ethyl adjacent to an activating group) is 1. The van der Waals surface area contributed by atoms with Crippen molar-refractivity contribution in [3.63, 3.8) is 0 Å². The first kappa shape index (κ1) is 13.3. The number of hydrogen-bond donors (Lipinski definition) is 2. The highest BCUT2D eigenvalue weighted by Crippen LogP contribution is 2.19. The molecule has 1 unspecified atom stereocenters. The highest BCUT2D eigenvalue weighted by atomic mass is 16.5. The van der Waals surface area contributed by atoms with Gasteiger partial charge in [0.05, 0.1) is 0 Å². The van der Waals surface area contributed by atoms with Gasteiger partial charge < -0.3 is 20.7 Å². The Labute approximate surface area is 102 Å². The summed E-state index contributed by atoms with van der Waals surface area (Å²) < 4.78 is 5.52. The zero-order valence-electron chi connectivity index (χ0n) is 10.4. The normalized spacial score (nSPS) is 11.9. The number of primary amides is 1.